The highest BCUT2D eigenvalue weighted by Crippen LogP contribution is 2.30. The molecule has 156 valence electrons. The Labute approximate surface area is 173 Å². The van der Waals surface area contributed by atoms with Gasteiger partial charge in [-0.15, -0.1) is 11.3 Å². The van der Waals surface area contributed by atoms with Crippen LogP contribution in [0.3, 0.4) is 0 Å². The van der Waals surface area contributed by atoms with Crippen LogP contribution in [0, 0.1) is 11.6 Å². The molecule has 3 heterocycles. The molecular weight excluding hydrogens is 419 g/mol. The maximum Gasteiger partial charge on any atom is 0.275 e. The Morgan fingerprint density at radius 3 is 2.87 bits per heavy atom. The van der Waals surface area contributed by atoms with E-state index < -0.39 is 29.8 Å². The van der Waals surface area contributed by atoms with Crippen molar-refractivity contribution in [2.75, 3.05) is 18.4 Å². The number of nitrogens with zero attached hydrogens (tertiary/aromatic N) is 3. The van der Waals surface area contributed by atoms with Gasteiger partial charge in [-0.3, -0.25) is 4.79 Å². The summed E-state index contributed by atoms with van der Waals surface area (Å²) in [6.45, 7) is 0.776. The van der Waals surface area contributed by atoms with Crippen LogP contribution in [0.5, 0.6) is 5.88 Å². The molecule has 2 atom stereocenters. The summed E-state index contributed by atoms with van der Waals surface area (Å²) in [7, 11) is 0. The Kier molecular flexibility index (Phi) is 5.91. The number of thiazole rings is 1. The van der Waals surface area contributed by atoms with E-state index in [1.54, 1.807) is 0 Å². The molecule has 1 aliphatic rings. The van der Waals surface area contributed by atoms with Crippen LogP contribution >= 0.6 is 11.3 Å². The normalized spacial score (nSPS) is 18.8. The van der Waals surface area contributed by atoms with Gasteiger partial charge in [-0.25, -0.2) is 23.1 Å². The van der Waals surface area contributed by atoms with Crippen LogP contribution in [0.2, 0.25) is 0 Å². The van der Waals surface area contributed by atoms with E-state index in [0.29, 0.717) is 13.0 Å². The van der Waals surface area contributed by atoms with E-state index in [9.17, 15) is 18.0 Å². The summed E-state index contributed by atoms with van der Waals surface area (Å²) in [6.07, 6.45) is 1.07. The van der Waals surface area contributed by atoms with Gasteiger partial charge in [0.15, 0.2) is 0 Å². The molecule has 11 heteroatoms. The minimum atomic E-state index is -1.21. The van der Waals surface area contributed by atoms with Gasteiger partial charge in [0.1, 0.15) is 46.6 Å². The molecule has 2 aromatic heterocycles. The minimum absolute atomic E-state index is 0.0310. The zero-order valence-corrected chi connectivity index (χ0v) is 16.3. The van der Waals surface area contributed by atoms with Gasteiger partial charge >= 0.3 is 0 Å². The Balaban J connectivity index is 1.52. The number of hydrogen-bond donors (Lipinski definition) is 2. The molecule has 0 aliphatic carbocycles. The number of anilines is 1. The number of hydrogen-bond acceptors (Lipinski definition) is 7. The fraction of sp³-hybridized carbons (Fsp3) is 0.263. The highest BCUT2D eigenvalue weighted by molar-refractivity contribution is 7.13. The molecule has 1 amide bonds. The average Bonchev–Trinajstić information content (AvgIpc) is 3.21. The van der Waals surface area contributed by atoms with E-state index >= 15 is 0 Å². The molecule has 1 fully saturated rings. The lowest BCUT2D eigenvalue weighted by Crippen LogP contribution is -2.44. The SMILES string of the molecule is O=C(Nc1cncnc1O[C@@H]1CCNC[C@H]1F)c1csc(-c2c(F)cccc2F)n1. The molecule has 1 aliphatic heterocycles. The highest BCUT2D eigenvalue weighted by Gasteiger charge is 2.28. The fourth-order valence-electron chi connectivity index (χ4n) is 2.95. The third-order valence-corrected chi connectivity index (χ3v) is 5.31. The molecule has 0 bridgehead atoms. The van der Waals surface area contributed by atoms with Crippen LogP contribution in [0.1, 0.15) is 16.9 Å². The van der Waals surface area contributed by atoms with Crippen molar-refractivity contribution in [2.45, 2.75) is 18.7 Å². The van der Waals surface area contributed by atoms with Crippen LogP contribution in [-0.2, 0) is 0 Å². The van der Waals surface area contributed by atoms with Gasteiger partial charge in [-0.2, -0.15) is 4.98 Å². The quantitative estimate of drug-likeness (QED) is 0.640. The third kappa shape index (κ3) is 4.26. The van der Waals surface area contributed by atoms with Gasteiger partial charge in [0.05, 0.1) is 11.8 Å². The second-order valence-corrected chi connectivity index (χ2v) is 7.35. The van der Waals surface area contributed by atoms with E-state index in [1.807, 2.05) is 0 Å². The summed E-state index contributed by atoms with van der Waals surface area (Å²) >= 11 is 0.932. The number of carbonyl (C=O) groups excluding carboxylic acids is 1. The van der Waals surface area contributed by atoms with E-state index in [4.69, 9.17) is 4.74 Å². The lowest BCUT2D eigenvalue weighted by molar-refractivity contribution is 0.0697. The number of amides is 1. The number of rotatable bonds is 5. The molecule has 0 saturated carbocycles. The highest BCUT2D eigenvalue weighted by atomic mass is 32.1. The molecule has 0 radical (unpaired) electrons. The number of nitrogens with one attached hydrogen (secondary N) is 2. The third-order valence-electron chi connectivity index (χ3n) is 4.45. The topological polar surface area (TPSA) is 89.0 Å². The number of halogens is 3. The lowest BCUT2D eigenvalue weighted by Gasteiger charge is -2.27. The van der Waals surface area contributed by atoms with Gasteiger partial charge < -0.3 is 15.4 Å². The predicted octanol–water partition coefficient (Wildman–Crippen LogP) is 3.21. The first-order chi connectivity index (χ1) is 14.5. The van der Waals surface area contributed by atoms with Crippen LogP contribution in [0.4, 0.5) is 18.9 Å². The summed E-state index contributed by atoms with van der Waals surface area (Å²) in [5, 5.41) is 6.89. The number of ether oxygens (including phenoxy) is 1. The van der Waals surface area contributed by atoms with Gasteiger partial charge in [0.2, 0.25) is 5.88 Å². The largest absolute Gasteiger partial charge is 0.470 e. The van der Waals surface area contributed by atoms with Crippen molar-refractivity contribution in [1.82, 2.24) is 20.3 Å². The first-order valence-corrected chi connectivity index (χ1v) is 9.93. The maximum absolute atomic E-state index is 14.0. The second-order valence-electron chi connectivity index (χ2n) is 6.50. The first kappa shape index (κ1) is 20.2. The van der Waals surface area contributed by atoms with Crippen molar-refractivity contribution in [2.24, 2.45) is 0 Å². The Hall–Kier alpha value is -3.05. The van der Waals surface area contributed by atoms with E-state index in [2.05, 4.69) is 25.6 Å². The standard InChI is InChI=1S/C19H16F3N5O2S/c20-10-2-1-3-11(21)16(10)19-27-14(8-30-19)17(28)26-13-7-24-9-25-18(13)29-15-4-5-23-6-12(15)22/h1-3,7-9,12,15,23H,4-6H2,(H,26,28)/t12-,15-/m1/s1. The number of benzene rings is 1. The van der Waals surface area contributed by atoms with Gasteiger partial charge in [0.25, 0.3) is 5.91 Å². The van der Waals surface area contributed by atoms with Crippen molar-refractivity contribution in [3.63, 3.8) is 0 Å². The zero-order valence-electron chi connectivity index (χ0n) is 15.4. The summed E-state index contributed by atoms with van der Waals surface area (Å²) in [5.41, 5.74) is -0.203. The number of aromatic nitrogens is 3. The summed E-state index contributed by atoms with van der Waals surface area (Å²) in [5.74, 6) is -2.16. The van der Waals surface area contributed by atoms with Crippen LogP contribution in [-0.4, -0.2) is 46.2 Å². The number of carbonyl (C=O) groups is 1. The molecule has 3 aromatic rings. The van der Waals surface area contributed by atoms with E-state index in [0.717, 1.165) is 23.5 Å². The smallest absolute Gasteiger partial charge is 0.275 e. The lowest BCUT2D eigenvalue weighted by atomic mass is 10.1. The van der Waals surface area contributed by atoms with Gasteiger partial charge in [-0.05, 0) is 25.1 Å². The first-order valence-electron chi connectivity index (χ1n) is 9.05. The Morgan fingerprint density at radius 1 is 1.30 bits per heavy atom. The van der Waals surface area contributed by atoms with Crippen molar-refractivity contribution >= 4 is 22.9 Å². The van der Waals surface area contributed by atoms with Crippen molar-refractivity contribution < 1.29 is 22.7 Å². The van der Waals surface area contributed by atoms with Crippen LogP contribution in [0.25, 0.3) is 10.6 Å². The summed E-state index contributed by atoms with van der Waals surface area (Å²) in [4.78, 5) is 24.4. The molecule has 0 spiro atoms. The van der Waals surface area contributed by atoms with Crippen LogP contribution < -0.4 is 15.4 Å². The summed E-state index contributed by atoms with van der Waals surface area (Å²) in [6, 6.07) is 3.48. The molecule has 7 nitrogen and oxygen atoms in total. The van der Waals surface area contributed by atoms with Crippen molar-refractivity contribution in [1.29, 1.82) is 0 Å². The summed E-state index contributed by atoms with van der Waals surface area (Å²) < 4.78 is 47.6. The van der Waals surface area contributed by atoms with Crippen molar-refractivity contribution in [3.8, 4) is 16.5 Å². The van der Waals surface area contributed by atoms with Gasteiger partial charge in [-0.1, -0.05) is 6.07 Å². The molecule has 2 N–H and O–H groups in total. The molecular formula is C19H16F3N5O2S. The second kappa shape index (κ2) is 8.76. The predicted molar refractivity (Wildman–Crippen MR) is 104 cm³/mol. The van der Waals surface area contributed by atoms with E-state index in [-0.39, 0.29) is 34.4 Å². The maximum atomic E-state index is 14.0. The molecule has 0 unspecified atom stereocenters. The van der Waals surface area contributed by atoms with Crippen molar-refractivity contribution in [3.05, 3.63) is 53.4 Å². The number of alkyl halides is 1. The Morgan fingerprint density at radius 2 is 2.10 bits per heavy atom. The molecule has 1 saturated heterocycles. The van der Waals surface area contributed by atoms with Crippen LogP contribution in [0.15, 0.2) is 36.1 Å². The van der Waals surface area contributed by atoms with Gasteiger partial charge in [0, 0.05) is 11.9 Å². The minimum Gasteiger partial charge on any atom is -0.470 e. The molecule has 1 aromatic carbocycles. The van der Waals surface area contributed by atoms with E-state index in [1.165, 1.54) is 24.0 Å². The number of piperidine rings is 1. The average molecular weight is 435 g/mol. The Bertz CT molecular complexity index is 1040. The monoisotopic (exact) mass is 435 g/mol. The zero-order chi connectivity index (χ0) is 21.1. The molecule has 4 rings (SSSR count). The fourth-order valence-corrected chi connectivity index (χ4v) is 3.80. The molecule has 30 heavy (non-hydrogen) atoms.